The number of piperidine rings is 1. The number of hydrogen-bond donors (Lipinski definition) is 2. The number of nitrogens with one attached hydrogen (secondary N) is 2. The molecule has 1 aliphatic heterocycles. The molecule has 0 bridgehead atoms. The van der Waals surface area contributed by atoms with Crippen molar-refractivity contribution in [3.63, 3.8) is 0 Å². The van der Waals surface area contributed by atoms with E-state index >= 15 is 0 Å². The Balaban J connectivity index is 2.00. The Bertz CT molecular complexity index is 831. The van der Waals surface area contributed by atoms with Crippen molar-refractivity contribution in [3.05, 3.63) is 76.0 Å². The first-order valence-corrected chi connectivity index (χ1v) is 9.99. The molecule has 148 valence electrons. The van der Waals surface area contributed by atoms with Gasteiger partial charge in [-0.1, -0.05) is 29.8 Å². The van der Waals surface area contributed by atoms with Gasteiger partial charge in [-0.2, -0.15) is 0 Å². The molecule has 0 unspecified atom stereocenters. The standard InChI is InChI=1S/C23H28N3O2/c1-3-26(4-2)23(27)19-10-8-17(9-11-19)22(18-12-14-24-15-13-18)20-6-5-7-21(16-20)25-28/h5-11,16,24-25H,3-4,12-15H2,1-2H3/q-1. The molecular weight excluding hydrogens is 350 g/mol. The lowest BCUT2D eigenvalue weighted by Crippen LogP contribution is -2.30. The Morgan fingerprint density at radius 3 is 2.25 bits per heavy atom. The van der Waals surface area contributed by atoms with Gasteiger partial charge in [0.2, 0.25) is 0 Å². The zero-order chi connectivity index (χ0) is 19.9. The highest BCUT2D eigenvalue weighted by Crippen LogP contribution is 2.32. The predicted molar refractivity (Wildman–Crippen MR) is 115 cm³/mol. The number of carbonyl (C=O) groups is 1. The summed E-state index contributed by atoms with van der Waals surface area (Å²) in [6.07, 6.45) is 1.95. The summed E-state index contributed by atoms with van der Waals surface area (Å²) in [5.41, 5.74) is 7.90. The van der Waals surface area contributed by atoms with E-state index < -0.39 is 0 Å². The van der Waals surface area contributed by atoms with Crippen LogP contribution in [0.3, 0.4) is 0 Å². The largest absolute Gasteiger partial charge is 0.761 e. The third-order valence-electron chi connectivity index (χ3n) is 5.30. The van der Waals surface area contributed by atoms with Gasteiger partial charge in [-0.05, 0) is 80.7 Å². The van der Waals surface area contributed by atoms with Gasteiger partial charge in [0.15, 0.2) is 0 Å². The molecule has 0 atom stereocenters. The Kier molecular flexibility index (Phi) is 6.85. The third-order valence-corrected chi connectivity index (χ3v) is 5.30. The van der Waals surface area contributed by atoms with Crippen molar-refractivity contribution >= 4 is 17.2 Å². The van der Waals surface area contributed by atoms with Gasteiger partial charge in [-0.25, -0.2) is 0 Å². The van der Waals surface area contributed by atoms with Crippen molar-refractivity contribution in [2.75, 3.05) is 31.7 Å². The van der Waals surface area contributed by atoms with Crippen molar-refractivity contribution < 1.29 is 4.79 Å². The zero-order valence-electron chi connectivity index (χ0n) is 16.6. The lowest BCUT2D eigenvalue weighted by molar-refractivity contribution is 0.0773. The Morgan fingerprint density at radius 2 is 1.64 bits per heavy atom. The van der Waals surface area contributed by atoms with Crippen LogP contribution in [0, 0.1) is 5.21 Å². The zero-order valence-corrected chi connectivity index (χ0v) is 16.6. The molecule has 2 aromatic rings. The SMILES string of the molecule is CCN(CC)C(=O)c1ccc(C(=C2CCNCC2)c2cccc(N[O-])c2)cc1. The highest BCUT2D eigenvalue weighted by molar-refractivity contribution is 5.95. The number of amides is 1. The molecule has 2 aromatic carbocycles. The normalized spacial score (nSPS) is 13.9. The minimum Gasteiger partial charge on any atom is -0.761 e. The van der Waals surface area contributed by atoms with Crippen LogP contribution < -0.4 is 10.8 Å². The summed E-state index contributed by atoms with van der Waals surface area (Å²) in [5.74, 6) is 0.0603. The summed E-state index contributed by atoms with van der Waals surface area (Å²) in [7, 11) is 0. The number of carbonyl (C=O) groups excluding carboxylic acids is 1. The molecule has 0 aliphatic carbocycles. The number of anilines is 1. The summed E-state index contributed by atoms with van der Waals surface area (Å²) in [6, 6.07) is 15.5. The molecule has 1 aliphatic rings. The maximum absolute atomic E-state index is 12.6. The Morgan fingerprint density at radius 1 is 1.00 bits per heavy atom. The van der Waals surface area contributed by atoms with E-state index in [2.05, 4.69) is 5.32 Å². The Labute approximate surface area is 167 Å². The molecule has 2 N–H and O–H groups in total. The fraction of sp³-hybridized carbons (Fsp3) is 0.348. The number of benzene rings is 2. The average molecular weight is 378 g/mol. The molecule has 1 heterocycles. The van der Waals surface area contributed by atoms with Crippen molar-refractivity contribution in [1.29, 1.82) is 0 Å². The summed E-state index contributed by atoms with van der Waals surface area (Å²) in [6.45, 7) is 7.30. The molecule has 3 rings (SSSR count). The minimum atomic E-state index is 0.0603. The minimum absolute atomic E-state index is 0.0603. The van der Waals surface area contributed by atoms with E-state index in [1.165, 1.54) is 11.1 Å². The van der Waals surface area contributed by atoms with Crippen molar-refractivity contribution in [3.8, 4) is 0 Å². The number of nitrogens with zero attached hydrogens (tertiary/aromatic N) is 1. The van der Waals surface area contributed by atoms with E-state index in [9.17, 15) is 10.0 Å². The van der Waals surface area contributed by atoms with Crippen LogP contribution in [-0.2, 0) is 0 Å². The third kappa shape index (κ3) is 4.43. The molecule has 0 aromatic heterocycles. The second-order valence-electron chi connectivity index (χ2n) is 6.97. The number of hydrogen-bond acceptors (Lipinski definition) is 4. The van der Waals surface area contributed by atoms with Gasteiger partial charge < -0.3 is 20.9 Å². The molecule has 1 saturated heterocycles. The first kappa shape index (κ1) is 20.1. The molecule has 5 heteroatoms. The molecule has 5 nitrogen and oxygen atoms in total. The van der Waals surface area contributed by atoms with Crippen LogP contribution in [0.25, 0.3) is 5.57 Å². The molecular formula is C23H28N3O2-. The highest BCUT2D eigenvalue weighted by Gasteiger charge is 2.17. The van der Waals surface area contributed by atoms with Crippen molar-refractivity contribution in [2.24, 2.45) is 0 Å². The van der Waals surface area contributed by atoms with Crippen LogP contribution in [0.1, 0.15) is 48.2 Å². The van der Waals surface area contributed by atoms with E-state index in [0.717, 1.165) is 37.1 Å². The van der Waals surface area contributed by atoms with Crippen LogP contribution in [0.2, 0.25) is 0 Å². The van der Waals surface area contributed by atoms with Gasteiger partial charge in [0.1, 0.15) is 0 Å². The molecule has 0 spiro atoms. The first-order valence-electron chi connectivity index (χ1n) is 9.99. The van der Waals surface area contributed by atoms with E-state index in [0.29, 0.717) is 24.3 Å². The fourth-order valence-corrected chi connectivity index (χ4v) is 3.76. The van der Waals surface area contributed by atoms with Crippen LogP contribution >= 0.6 is 0 Å². The predicted octanol–water partition coefficient (Wildman–Crippen LogP) is 4.26. The maximum atomic E-state index is 12.6. The fourth-order valence-electron chi connectivity index (χ4n) is 3.76. The monoisotopic (exact) mass is 378 g/mol. The molecule has 1 amide bonds. The smallest absolute Gasteiger partial charge is 0.253 e. The van der Waals surface area contributed by atoms with Gasteiger partial charge in [-0.3, -0.25) is 4.79 Å². The van der Waals surface area contributed by atoms with Crippen LogP contribution in [0.5, 0.6) is 0 Å². The van der Waals surface area contributed by atoms with Crippen LogP contribution in [0.15, 0.2) is 54.1 Å². The van der Waals surface area contributed by atoms with Crippen LogP contribution in [0.4, 0.5) is 5.69 Å². The van der Waals surface area contributed by atoms with Gasteiger partial charge in [-0.15, -0.1) is 0 Å². The maximum Gasteiger partial charge on any atom is 0.253 e. The van der Waals surface area contributed by atoms with Crippen LogP contribution in [-0.4, -0.2) is 37.0 Å². The highest BCUT2D eigenvalue weighted by atomic mass is 16.5. The summed E-state index contributed by atoms with van der Waals surface area (Å²) >= 11 is 0. The lowest BCUT2D eigenvalue weighted by atomic mass is 9.88. The lowest BCUT2D eigenvalue weighted by Gasteiger charge is -2.22. The van der Waals surface area contributed by atoms with Crippen molar-refractivity contribution in [2.45, 2.75) is 26.7 Å². The van der Waals surface area contributed by atoms with E-state index in [1.54, 1.807) is 6.07 Å². The van der Waals surface area contributed by atoms with E-state index in [1.807, 2.05) is 66.7 Å². The summed E-state index contributed by atoms with van der Waals surface area (Å²) in [5, 5.41) is 14.5. The second-order valence-corrected chi connectivity index (χ2v) is 6.97. The summed E-state index contributed by atoms with van der Waals surface area (Å²) in [4.78, 5) is 14.4. The first-order chi connectivity index (χ1) is 13.7. The number of rotatable bonds is 6. The van der Waals surface area contributed by atoms with E-state index in [4.69, 9.17) is 0 Å². The second kappa shape index (κ2) is 9.53. The van der Waals surface area contributed by atoms with Gasteiger partial charge in [0.25, 0.3) is 5.91 Å². The molecule has 28 heavy (non-hydrogen) atoms. The molecule has 0 radical (unpaired) electrons. The average Bonchev–Trinajstić information content (AvgIpc) is 2.76. The molecule has 1 fully saturated rings. The van der Waals surface area contributed by atoms with Gasteiger partial charge in [0.05, 0.1) is 0 Å². The topological polar surface area (TPSA) is 67.4 Å². The van der Waals surface area contributed by atoms with Gasteiger partial charge >= 0.3 is 0 Å². The molecule has 0 saturated carbocycles. The van der Waals surface area contributed by atoms with E-state index in [-0.39, 0.29) is 5.91 Å². The van der Waals surface area contributed by atoms with Gasteiger partial charge in [0, 0.05) is 24.3 Å². The summed E-state index contributed by atoms with van der Waals surface area (Å²) < 4.78 is 0. The van der Waals surface area contributed by atoms with Crippen molar-refractivity contribution in [1.82, 2.24) is 10.2 Å². The Hall–Kier alpha value is -2.63. The quantitative estimate of drug-likeness (QED) is 0.737.